The van der Waals surface area contributed by atoms with Crippen LogP contribution in [0.15, 0.2) is 30.3 Å². The quantitative estimate of drug-likeness (QED) is 0.523. The molecule has 2 saturated heterocycles. The van der Waals surface area contributed by atoms with Crippen molar-refractivity contribution in [2.45, 2.75) is 44.7 Å². The number of carbonyl (C=O) groups is 1. The standard InChI is InChI=1S/C27H30N2O4/c1-31-25-14-22-21-13-18(33-27(30)28-9-3-4-10-28)7-8-19(21)20-12-17-6-5-11-29(17)16-24(20)23(22)15-26(25)32-2/h7-8,13-15,17H,3-6,9-12,16H2,1-2H3/t17-/m0/s1. The highest BCUT2D eigenvalue weighted by molar-refractivity contribution is 6.12. The number of ether oxygens (including phenoxy) is 3. The molecule has 6 rings (SSSR count). The zero-order valence-electron chi connectivity index (χ0n) is 19.4. The summed E-state index contributed by atoms with van der Waals surface area (Å²) in [6, 6.07) is 10.9. The van der Waals surface area contributed by atoms with Crippen LogP contribution >= 0.6 is 0 Å². The van der Waals surface area contributed by atoms with E-state index in [1.807, 2.05) is 12.1 Å². The third-order valence-corrected chi connectivity index (χ3v) is 7.69. The fourth-order valence-corrected chi connectivity index (χ4v) is 6.00. The molecule has 0 bridgehead atoms. The van der Waals surface area contributed by atoms with E-state index in [0.29, 0.717) is 17.5 Å². The van der Waals surface area contributed by atoms with E-state index in [1.165, 1.54) is 41.3 Å². The van der Waals surface area contributed by atoms with E-state index in [1.54, 1.807) is 19.1 Å². The van der Waals surface area contributed by atoms with Crippen LogP contribution in [0, 0.1) is 0 Å². The van der Waals surface area contributed by atoms with Gasteiger partial charge in [0.05, 0.1) is 14.2 Å². The van der Waals surface area contributed by atoms with Crippen molar-refractivity contribution in [3.8, 4) is 17.2 Å². The average molecular weight is 447 g/mol. The molecule has 3 heterocycles. The number of benzene rings is 3. The summed E-state index contributed by atoms with van der Waals surface area (Å²) in [5, 5.41) is 4.65. The van der Waals surface area contributed by atoms with Gasteiger partial charge in [0, 0.05) is 25.7 Å². The SMILES string of the molecule is COc1cc2c3c(c4ccc(OC(=O)N5CCCC5)cc4c2cc1OC)C[C@@H]1CCCN1C3. The van der Waals surface area contributed by atoms with E-state index in [-0.39, 0.29) is 6.09 Å². The Labute approximate surface area is 194 Å². The largest absolute Gasteiger partial charge is 0.493 e. The Kier molecular flexibility index (Phi) is 5.06. The van der Waals surface area contributed by atoms with Crippen LogP contribution in [0.1, 0.15) is 36.8 Å². The Morgan fingerprint density at radius 2 is 1.58 bits per heavy atom. The second-order valence-electron chi connectivity index (χ2n) is 9.45. The molecule has 0 radical (unpaired) electrons. The monoisotopic (exact) mass is 446 g/mol. The molecule has 0 spiro atoms. The predicted octanol–water partition coefficient (Wildman–Crippen LogP) is 5.13. The molecule has 6 nitrogen and oxygen atoms in total. The molecule has 2 fully saturated rings. The van der Waals surface area contributed by atoms with Crippen LogP contribution in [-0.2, 0) is 13.0 Å². The van der Waals surface area contributed by atoms with Crippen molar-refractivity contribution < 1.29 is 19.0 Å². The summed E-state index contributed by atoms with van der Waals surface area (Å²) >= 11 is 0. The van der Waals surface area contributed by atoms with Gasteiger partial charge in [0.25, 0.3) is 0 Å². The number of carbonyl (C=O) groups excluding carboxylic acids is 1. The first kappa shape index (κ1) is 20.6. The van der Waals surface area contributed by atoms with Gasteiger partial charge >= 0.3 is 6.09 Å². The van der Waals surface area contributed by atoms with Crippen LogP contribution < -0.4 is 14.2 Å². The minimum atomic E-state index is -0.255. The maximum absolute atomic E-state index is 12.6. The van der Waals surface area contributed by atoms with E-state index in [9.17, 15) is 4.79 Å². The lowest BCUT2D eigenvalue weighted by Crippen LogP contribution is -2.35. The van der Waals surface area contributed by atoms with Gasteiger partial charge in [-0.2, -0.15) is 0 Å². The summed E-state index contributed by atoms with van der Waals surface area (Å²) in [5.74, 6) is 2.04. The lowest BCUT2D eigenvalue weighted by Gasteiger charge is -2.33. The van der Waals surface area contributed by atoms with Crippen LogP contribution in [0.25, 0.3) is 21.5 Å². The Balaban J connectivity index is 1.53. The van der Waals surface area contributed by atoms with Crippen molar-refractivity contribution in [3.63, 3.8) is 0 Å². The number of hydrogen-bond acceptors (Lipinski definition) is 5. The highest BCUT2D eigenvalue weighted by Crippen LogP contribution is 2.44. The number of likely N-dealkylation sites (tertiary alicyclic amines) is 1. The van der Waals surface area contributed by atoms with Crippen LogP contribution in [0.3, 0.4) is 0 Å². The number of hydrogen-bond donors (Lipinski definition) is 0. The predicted molar refractivity (Wildman–Crippen MR) is 129 cm³/mol. The number of fused-ring (bicyclic) bond motifs is 7. The molecule has 1 amide bonds. The van der Waals surface area contributed by atoms with E-state index in [2.05, 4.69) is 23.1 Å². The van der Waals surface area contributed by atoms with Gasteiger partial charge in [-0.25, -0.2) is 4.79 Å². The maximum Gasteiger partial charge on any atom is 0.415 e. The zero-order chi connectivity index (χ0) is 22.5. The molecule has 0 saturated carbocycles. The summed E-state index contributed by atoms with van der Waals surface area (Å²) in [4.78, 5) is 17.0. The lowest BCUT2D eigenvalue weighted by molar-refractivity contribution is 0.163. The van der Waals surface area contributed by atoms with E-state index in [4.69, 9.17) is 14.2 Å². The molecule has 172 valence electrons. The second kappa shape index (κ2) is 8.10. The van der Waals surface area contributed by atoms with Crippen molar-refractivity contribution in [2.75, 3.05) is 33.9 Å². The molecular weight excluding hydrogens is 416 g/mol. The van der Waals surface area contributed by atoms with Gasteiger partial charge in [0.15, 0.2) is 11.5 Å². The van der Waals surface area contributed by atoms with Crippen LogP contribution in [0.2, 0.25) is 0 Å². The van der Waals surface area contributed by atoms with Crippen molar-refractivity contribution in [1.82, 2.24) is 9.80 Å². The summed E-state index contributed by atoms with van der Waals surface area (Å²) in [6.45, 7) is 3.69. The van der Waals surface area contributed by atoms with Gasteiger partial charge in [0.2, 0.25) is 0 Å². The molecule has 3 aliphatic rings. The molecule has 6 heteroatoms. The summed E-state index contributed by atoms with van der Waals surface area (Å²) < 4.78 is 17.1. The van der Waals surface area contributed by atoms with Crippen LogP contribution in [0.5, 0.6) is 17.2 Å². The van der Waals surface area contributed by atoms with Gasteiger partial charge in [-0.1, -0.05) is 6.07 Å². The second-order valence-corrected chi connectivity index (χ2v) is 9.45. The summed E-state index contributed by atoms with van der Waals surface area (Å²) in [5.41, 5.74) is 2.81. The first-order valence-corrected chi connectivity index (χ1v) is 12.0. The van der Waals surface area contributed by atoms with Crippen molar-refractivity contribution in [3.05, 3.63) is 41.5 Å². The number of methoxy groups -OCH3 is 2. The van der Waals surface area contributed by atoms with Gasteiger partial charge < -0.3 is 19.1 Å². The third kappa shape index (κ3) is 3.39. The van der Waals surface area contributed by atoms with Crippen LogP contribution in [-0.4, -0.2) is 55.8 Å². The molecule has 0 unspecified atom stereocenters. The molecule has 1 atom stereocenters. The lowest BCUT2D eigenvalue weighted by atomic mass is 9.85. The van der Waals surface area contributed by atoms with Gasteiger partial charge in [-0.05, 0) is 95.6 Å². The smallest absolute Gasteiger partial charge is 0.415 e. The van der Waals surface area contributed by atoms with Gasteiger partial charge in [0.1, 0.15) is 5.75 Å². The van der Waals surface area contributed by atoms with Gasteiger partial charge in [-0.3, -0.25) is 4.90 Å². The van der Waals surface area contributed by atoms with Crippen molar-refractivity contribution in [1.29, 1.82) is 0 Å². The minimum Gasteiger partial charge on any atom is -0.493 e. The number of nitrogens with zero attached hydrogens (tertiary/aromatic N) is 2. The molecule has 0 N–H and O–H groups in total. The maximum atomic E-state index is 12.6. The highest BCUT2D eigenvalue weighted by atomic mass is 16.6. The van der Waals surface area contributed by atoms with Crippen molar-refractivity contribution in [2.24, 2.45) is 0 Å². The highest BCUT2D eigenvalue weighted by Gasteiger charge is 2.32. The molecule has 0 aromatic heterocycles. The topological polar surface area (TPSA) is 51.2 Å². The Morgan fingerprint density at radius 3 is 2.33 bits per heavy atom. The molecule has 3 aromatic rings. The van der Waals surface area contributed by atoms with E-state index >= 15 is 0 Å². The molecule has 3 aromatic carbocycles. The first-order chi connectivity index (χ1) is 16.2. The third-order valence-electron chi connectivity index (χ3n) is 7.69. The fraction of sp³-hybridized carbons (Fsp3) is 0.444. The van der Waals surface area contributed by atoms with Gasteiger partial charge in [-0.15, -0.1) is 0 Å². The fourth-order valence-electron chi connectivity index (χ4n) is 6.00. The van der Waals surface area contributed by atoms with Crippen LogP contribution in [0.4, 0.5) is 4.79 Å². The summed E-state index contributed by atoms with van der Waals surface area (Å²) in [6.07, 6.45) is 5.42. The zero-order valence-corrected chi connectivity index (χ0v) is 19.4. The minimum absolute atomic E-state index is 0.255. The van der Waals surface area contributed by atoms with Crippen molar-refractivity contribution >= 4 is 27.6 Å². The Bertz CT molecular complexity index is 1250. The van der Waals surface area contributed by atoms with E-state index < -0.39 is 0 Å². The average Bonchev–Trinajstić information content (AvgIpc) is 3.54. The Morgan fingerprint density at radius 1 is 0.848 bits per heavy atom. The molecular formula is C27H30N2O4. The summed E-state index contributed by atoms with van der Waals surface area (Å²) in [7, 11) is 3.35. The van der Waals surface area contributed by atoms with E-state index in [0.717, 1.165) is 55.4 Å². The normalized spacial score (nSPS) is 20.2. The Hall–Kier alpha value is -2.99. The molecule has 3 aliphatic heterocycles. The number of rotatable bonds is 3. The molecule has 0 aliphatic carbocycles. The molecule has 33 heavy (non-hydrogen) atoms. The first-order valence-electron chi connectivity index (χ1n) is 12.0. The number of amides is 1.